The van der Waals surface area contributed by atoms with Crippen molar-refractivity contribution in [1.29, 1.82) is 0 Å². The highest BCUT2D eigenvalue weighted by Crippen LogP contribution is 2.44. The van der Waals surface area contributed by atoms with Gasteiger partial charge in [0.15, 0.2) is 5.69 Å². The average molecular weight is 569 g/mol. The first kappa shape index (κ1) is 28.6. The SMILES string of the molecule is C[C@H](OCc1ccccc1)[C@@H](NC(=O)OCC1c2ccccc2-c2ccccc21)C(=O)NCc1cnn(C)c1C(=O)O. The number of hydrogen-bond acceptors (Lipinski definition) is 6. The van der Waals surface area contributed by atoms with E-state index >= 15 is 0 Å². The Balaban J connectivity index is 1.27. The van der Waals surface area contributed by atoms with Crippen LogP contribution in [0.25, 0.3) is 11.1 Å². The van der Waals surface area contributed by atoms with Gasteiger partial charge in [-0.05, 0) is 34.7 Å². The molecule has 0 fully saturated rings. The predicted octanol–water partition coefficient (Wildman–Crippen LogP) is 4.25. The molecule has 0 radical (unpaired) electrons. The Morgan fingerprint density at radius 3 is 2.21 bits per heavy atom. The van der Waals surface area contributed by atoms with E-state index in [1.165, 1.54) is 17.9 Å². The molecule has 3 N–H and O–H groups in total. The lowest BCUT2D eigenvalue weighted by Gasteiger charge is -2.25. The fourth-order valence-corrected chi connectivity index (χ4v) is 5.24. The number of alkyl carbamates (subject to hydrolysis) is 1. The summed E-state index contributed by atoms with van der Waals surface area (Å²) in [5.41, 5.74) is 5.57. The van der Waals surface area contributed by atoms with Gasteiger partial charge in [-0.2, -0.15) is 5.10 Å². The normalized spacial score (nSPS) is 13.5. The largest absolute Gasteiger partial charge is 0.477 e. The molecular weight excluding hydrogens is 536 g/mol. The van der Waals surface area contributed by atoms with Crippen LogP contribution < -0.4 is 10.6 Å². The number of amides is 2. The monoisotopic (exact) mass is 568 g/mol. The first-order valence-corrected chi connectivity index (χ1v) is 13.6. The quantitative estimate of drug-likeness (QED) is 0.247. The third kappa shape index (κ3) is 6.18. The molecule has 216 valence electrons. The van der Waals surface area contributed by atoms with E-state index in [0.717, 1.165) is 27.8 Å². The molecule has 5 rings (SSSR count). The standard InChI is InChI=1S/C32H32N4O6/c1-20(41-18-21-10-4-3-5-11-21)28(30(37)33-16-22-17-34-36(2)29(22)31(38)39)35-32(40)42-19-27-25-14-8-6-12-23(25)24-13-7-9-15-26(24)27/h3-15,17,20,27-28H,16,18-19H2,1-2H3,(H,33,37)(H,35,40)(H,38,39)/t20-,28+/m0/s1. The van der Waals surface area contributed by atoms with E-state index in [1.54, 1.807) is 6.92 Å². The highest BCUT2D eigenvalue weighted by atomic mass is 16.5. The summed E-state index contributed by atoms with van der Waals surface area (Å²) in [4.78, 5) is 38.0. The second-order valence-corrected chi connectivity index (χ2v) is 10.1. The molecule has 1 aliphatic rings. The predicted molar refractivity (Wildman–Crippen MR) is 155 cm³/mol. The fraction of sp³-hybridized carbons (Fsp3) is 0.250. The third-order valence-corrected chi connectivity index (χ3v) is 7.39. The summed E-state index contributed by atoms with van der Waals surface area (Å²) < 4.78 is 12.9. The van der Waals surface area contributed by atoms with Crippen LogP contribution in [0.4, 0.5) is 4.79 Å². The Labute approximate surface area is 243 Å². The molecule has 2 amide bonds. The third-order valence-electron chi connectivity index (χ3n) is 7.39. The maximum Gasteiger partial charge on any atom is 0.407 e. The molecule has 0 bridgehead atoms. The maximum atomic E-state index is 13.3. The van der Waals surface area contributed by atoms with Gasteiger partial charge >= 0.3 is 12.1 Å². The fourth-order valence-electron chi connectivity index (χ4n) is 5.24. The molecule has 0 saturated carbocycles. The molecule has 42 heavy (non-hydrogen) atoms. The Morgan fingerprint density at radius 2 is 1.57 bits per heavy atom. The van der Waals surface area contributed by atoms with Crippen LogP contribution >= 0.6 is 0 Å². The van der Waals surface area contributed by atoms with Crippen molar-refractivity contribution >= 4 is 18.0 Å². The van der Waals surface area contributed by atoms with E-state index in [0.29, 0.717) is 5.56 Å². The van der Waals surface area contributed by atoms with E-state index in [9.17, 15) is 19.5 Å². The molecule has 0 saturated heterocycles. The van der Waals surface area contributed by atoms with E-state index < -0.39 is 30.1 Å². The number of aryl methyl sites for hydroxylation is 1. The second kappa shape index (κ2) is 12.7. The maximum absolute atomic E-state index is 13.3. The van der Waals surface area contributed by atoms with Crippen molar-refractivity contribution in [2.45, 2.75) is 38.1 Å². The van der Waals surface area contributed by atoms with E-state index in [1.807, 2.05) is 66.7 Å². The van der Waals surface area contributed by atoms with Crippen molar-refractivity contribution in [3.8, 4) is 11.1 Å². The lowest BCUT2D eigenvalue weighted by atomic mass is 9.98. The van der Waals surface area contributed by atoms with Gasteiger partial charge in [0.1, 0.15) is 12.6 Å². The number of aromatic nitrogens is 2. The summed E-state index contributed by atoms with van der Waals surface area (Å²) in [6, 6.07) is 24.4. The number of fused-ring (bicyclic) bond motifs is 3. The van der Waals surface area contributed by atoms with E-state index in [4.69, 9.17) is 9.47 Å². The molecule has 10 heteroatoms. The van der Waals surface area contributed by atoms with Gasteiger partial charge < -0.3 is 25.2 Å². The van der Waals surface area contributed by atoms with Crippen molar-refractivity contribution in [2.24, 2.45) is 7.05 Å². The minimum absolute atomic E-state index is 0.0373. The number of hydrogen-bond donors (Lipinski definition) is 3. The number of carboxylic acids is 1. The Hall–Kier alpha value is -4.96. The number of aromatic carboxylic acids is 1. The van der Waals surface area contributed by atoms with Crippen molar-refractivity contribution in [2.75, 3.05) is 6.61 Å². The van der Waals surface area contributed by atoms with Crippen molar-refractivity contribution in [3.05, 3.63) is 113 Å². The number of nitrogens with one attached hydrogen (secondary N) is 2. The molecule has 10 nitrogen and oxygen atoms in total. The number of benzene rings is 3. The van der Waals surface area contributed by atoms with Crippen LogP contribution in [0.15, 0.2) is 85.1 Å². The van der Waals surface area contributed by atoms with Gasteiger partial charge in [0.25, 0.3) is 0 Å². The number of ether oxygens (including phenoxy) is 2. The highest BCUT2D eigenvalue weighted by Gasteiger charge is 2.32. The Bertz CT molecular complexity index is 1540. The molecular formula is C32H32N4O6. The minimum Gasteiger partial charge on any atom is -0.477 e. The topological polar surface area (TPSA) is 132 Å². The van der Waals surface area contributed by atoms with Gasteiger partial charge in [-0.1, -0.05) is 78.9 Å². The summed E-state index contributed by atoms with van der Waals surface area (Å²) in [5, 5.41) is 18.8. The van der Waals surface area contributed by atoms with Crippen molar-refractivity contribution in [1.82, 2.24) is 20.4 Å². The molecule has 0 aliphatic heterocycles. The molecule has 1 aromatic heterocycles. The average Bonchev–Trinajstić information content (AvgIpc) is 3.54. The molecule has 2 atom stereocenters. The number of carbonyl (C=O) groups excluding carboxylic acids is 2. The van der Waals surface area contributed by atoms with Crippen LogP contribution in [0.5, 0.6) is 0 Å². The zero-order valence-corrected chi connectivity index (χ0v) is 23.3. The van der Waals surface area contributed by atoms with Gasteiger partial charge in [0.05, 0.1) is 18.9 Å². The first-order valence-electron chi connectivity index (χ1n) is 13.6. The lowest BCUT2D eigenvalue weighted by Crippen LogP contribution is -2.53. The Kier molecular flexibility index (Phi) is 8.63. The summed E-state index contributed by atoms with van der Waals surface area (Å²) >= 11 is 0. The number of rotatable bonds is 11. The molecule has 3 aromatic carbocycles. The molecule has 0 unspecified atom stereocenters. The molecule has 0 spiro atoms. The van der Waals surface area contributed by atoms with Gasteiger partial charge in [0, 0.05) is 25.1 Å². The minimum atomic E-state index is -1.16. The summed E-state index contributed by atoms with van der Waals surface area (Å²) in [6.45, 7) is 1.90. The number of carboxylic acid groups (broad SMARTS) is 1. The van der Waals surface area contributed by atoms with Gasteiger partial charge in [-0.3, -0.25) is 9.48 Å². The second-order valence-electron chi connectivity index (χ2n) is 10.1. The van der Waals surface area contributed by atoms with Crippen LogP contribution in [-0.2, 0) is 34.5 Å². The van der Waals surface area contributed by atoms with Crippen LogP contribution in [0.1, 0.15) is 45.6 Å². The number of nitrogens with zero attached hydrogens (tertiary/aromatic N) is 2. The summed E-state index contributed by atoms with van der Waals surface area (Å²) in [7, 11) is 1.51. The van der Waals surface area contributed by atoms with Gasteiger partial charge in [0.2, 0.25) is 5.91 Å². The summed E-state index contributed by atoms with van der Waals surface area (Å²) in [5.74, 6) is -1.85. The van der Waals surface area contributed by atoms with E-state index in [-0.39, 0.29) is 31.4 Å². The van der Waals surface area contributed by atoms with Crippen LogP contribution in [0.3, 0.4) is 0 Å². The first-order chi connectivity index (χ1) is 20.3. The zero-order valence-electron chi connectivity index (χ0n) is 23.3. The molecule has 4 aromatic rings. The van der Waals surface area contributed by atoms with Crippen LogP contribution in [0, 0.1) is 0 Å². The van der Waals surface area contributed by atoms with Gasteiger partial charge in [-0.25, -0.2) is 9.59 Å². The summed E-state index contributed by atoms with van der Waals surface area (Å²) in [6.07, 6.45) is -0.120. The van der Waals surface area contributed by atoms with Crippen LogP contribution in [-0.4, -0.2) is 51.6 Å². The van der Waals surface area contributed by atoms with E-state index in [2.05, 4.69) is 27.9 Å². The highest BCUT2D eigenvalue weighted by molar-refractivity contribution is 5.88. The van der Waals surface area contributed by atoms with Crippen molar-refractivity contribution in [3.63, 3.8) is 0 Å². The van der Waals surface area contributed by atoms with Crippen molar-refractivity contribution < 1.29 is 29.0 Å². The lowest BCUT2D eigenvalue weighted by molar-refractivity contribution is -0.127. The smallest absolute Gasteiger partial charge is 0.407 e. The van der Waals surface area contributed by atoms with Gasteiger partial charge in [-0.15, -0.1) is 0 Å². The number of carbonyl (C=O) groups is 3. The molecule has 1 heterocycles. The zero-order chi connectivity index (χ0) is 29.6. The van der Waals surface area contributed by atoms with Crippen LogP contribution in [0.2, 0.25) is 0 Å². The molecule has 1 aliphatic carbocycles. The Morgan fingerprint density at radius 1 is 0.952 bits per heavy atom.